The Morgan fingerprint density at radius 2 is 1.71 bits per heavy atom. The molecule has 4 rings (SSSR count). The van der Waals surface area contributed by atoms with E-state index < -0.39 is 11.3 Å². The monoisotopic (exact) mass is 451 g/mol. The van der Waals surface area contributed by atoms with E-state index in [9.17, 15) is 23.3 Å². The highest BCUT2D eigenvalue weighted by Gasteiger charge is 2.40. The lowest BCUT2D eigenvalue weighted by Gasteiger charge is -2.21. The molecule has 0 amide bonds. The van der Waals surface area contributed by atoms with Crippen molar-refractivity contribution in [2.75, 3.05) is 6.61 Å². The summed E-state index contributed by atoms with van der Waals surface area (Å²) in [6, 6.07) is 12.8. The van der Waals surface area contributed by atoms with Gasteiger partial charge in [-0.1, -0.05) is 24.3 Å². The predicted molar refractivity (Wildman–Crippen MR) is 107 cm³/mol. The zero-order valence-electron chi connectivity index (χ0n) is 16.1. The number of thioether (sulfide) groups is 1. The van der Waals surface area contributed by atoms with E-state index in [0.717, 1.165) is 11.1 Å². The maximum absolute atomic E-state index is 12.3. The summed E-state index contributed by atoms with van der Waals surface area (Å²) >= 11 is 1.43. The summed E-state index contributed by atoms with van der Waals surface area (Å²) in [5, 5.41) is 11.4. The summed E-state index contributed by atoms with van der Waals surface area (Å²) in [6.45, 7) is 2.91. The summed E-state index contributed by atoms with van der Waals surface area (Å²) in [7, 11) is 0. The molecule has 2 heterocycles. The largest absolute Gasteiger partial charge is 0.573 e. The minimum Gasteiger partial charge on any atom is -0.492 e. The number of nitro groups is 1. The molecule has 0 saturated carbocycles. The SMILES string of the molecule is CC1(COc2ccc(-c3ccc(OC(F)(F)F)cc3)cc2)Cn2cc([N+](=O)[O-])nc2S1. The average molecular weight is 451 g/mol. The van der Waals surface area contributed by atoms with E-state index in [1.807, 2.05) is 19.1 Å². The third-order valence-electron chi connectivity index (χ3n) is 4.58. The topological polar surface area (TPSA) is 79.4 Å². The van der Waals surface area contributed by atoms with E-state index in [1.54, 1.807) is 28.8 Å². The fraction of sp³-hybridized carbons (Fsp3) is 0.250. The van der Waals surface area contributed by atoms with Gasteiger partial charge in [0.05, 0.1) is 4.75 Å². The van der Waals surface area contributed by atoms with Crippen LogP contribution in [0.5, 0.6) is 11.5 Å². The zero-order chi connectivity index (χ0) is 22.2. The highest BCUT2D eigenvalue weighted by molar-refractivity contribution is 8.00. The fourth-order valence-electron chi connectivity index (χ4n) is 3.19. The van der Waals surface area contributed by atoms with Crippen LogP contribution in [-0.2, 0) is 6.54 Å². The van der Waals surface area contributed by atoms with E-state index in [4.69, 9.17) is 4.74 Å². The van der Waals surface area contributed by atoms with Gasteiger partial charge >= 0.3 is 12.2 Å². The molecule has 1 atom stereocenters. The highest BCUT2D eigenvalue weighted by atomic mass is 32.2. The number of alkyl halides is 3. The number of hydrogen-bond donors (Lipinski definition) is 0. The molecule has 0 bridgehead atoms. The first kappa shape index (κ1) is 21.0. The lowest BCUT2D eigenvalue weighted by Crippen LogP contribution is -2.29. The van der Waals surface area contributed by atoms with Crippen LogP contribution in [0, 0.1) is 10.1 Å². The van der Waals surface area contributed by atoms with E-state index in [-0.39, 0.29) is 16.3 Å². The first-order valence-electron chi connectivity index (χ1n) is 9.10. The maximum Gasteiger partial charge on any atom is 0.573 e. The van der Waals surface area contributed by atoms with Crippen molar-refractivity contribution in [2.24, 2.45) is 0 Å². The van der Waals surface area contributed by atoms with E-state index >= 15 is 0 Å². The van der Waals surface area contributed by atoms with Gasteiger partial charge in [0.25, 0.3) is 5.16 Å². The molecule has 1 unspecified atom stereocenters. The van der Waals surface area contributed by atoms with Crippen molar-refractivity contribution in [1.29, 1.82) is 0 Å². The Morgan fingerprint density at radius 3 is 2.23 bits per heavy atom. The molecule has 0 fully saturated rings. The molecule has 1 aromatic heterocycles. The van der Waals surface area contributed by atoms with Crippen molar-refractivity contribution in [3.05, 3.63) is 64.8 Å². The second-order valence-electron chi connectivity index (χ2n) is 7.20. The summed E-state index contributed by atoms with van der Waals surface area (Å²) < 4.78 is 48.0. The van der Waals surface area contributed by atoms with Crippen LogP contribution in [0.4, 0.5) is 19.0 Å². The molecule has 162 valence electrons. The summed E-state index contributed by atoms with van der Waals surface area (Å²) in [4.78, 5) is 14.3. The quantitative estimate of drug-likeness (QED) is 0.374. The minimum atomic E-state index is -4.72. The van der Waals surface area contributed by atoms with Gasteiger partial charge in [0, 0.05) is 6.54 Å². The van der Waals surface area contributed by atoms with E-state index in [0.29, 0.717) is 24.1 Å². The van der Waals surface area contributed by atoms with Crippen LogP contribution >= 0.6 is 11.8 Å². The van der Waals surface area contributed by atoms with Crippen LogP contribution in [0.2, 0.25) is 0 Å². The molecule has 1 aliphatic rings. The van der Waals surface area contributed by atoms with Gasteiger partial charge in [-0.3, -0.25) is 4.57 Å². The van der Waals surface area contributed by atoms with Gasteiger partial charge in [-0.05, 0) is 64.0 Å². The number of benzene rings is 2. The van der Waals surface area contributed by atoms with Crippen LogP contribution in [0.15, 0.2) is 59.9 Å². The fourth-order valence-corrected chi connectivity index (χ4v) is 4.32. The van der Waals surface area contributed by atoms with Crippen LogP contribution < -0.4 is 9.47 Å². The van der Waals surface area contributed by atoms with Crippen LogP contribution in [0.1, 0.15) is 6.92 Å². The number of rotatable bonds is 6. The van der Waals surface area contributed by atoms with Crippen LogP contribution in [-0.4, -0.2) is 32.2 Å². The molecule has 11 heteroatoms. The zero-order valence-corrected chi connectivity index (χ0v) is 16.9. The van der Waals surface area contributed by atoms with E-state index in [2.05, 4.69) is 9.72 Å². The molecular weight excluding hydrogens is 435 g/mol. The number of imidazole rings is 1. The molecule has 7 nitrogen and oxygen atoms in total. The summed E-state index contributed by atoms with van der Waals surface area (Å²) in [5.41, 5.74) is 1.56. The third kappa shape index (κ3) is 4.93. The third-order valence-corrected chi connectivity index (χ3v) is 5.82. The number of hydrogen-bond acceptors (Lipinski definition) is 6. The Balaban J connectivity index is 1.36. The Morgan fingerprint density at radius 1 is 1.13 bits per heavy atom. The van der Waals surface area contributed by atoms with Gasteiger partial charge in [0.1, 0.15) is 24.3 Å². The molecule has 1 aliphatic heterocycles. The standard InChI is InChI=1S/C20H16F3N3O4S/c1-19(11-25-10-17(26(27)28)24-18(25)31-19)12-29-15-6-2-13(3-7-15)14-4-8-16(9-5-14)30-20(21,22)23/h2-10H,11-12H2,1H3. The summed E-state index contributed by atoms with van der Waals surface area (Å²) in [5.74, 6) is 0.195. The number of aromatic nitrogens is 2. The molecular formula is C20H16F3N3O4S. The number of fused-ring (bicyclic) bond motifs is 1. The van der Waals surface area contributed by atoms with Crippen LogP contribution in [0.3, 0.4) is 0 Å². The Kier molecular flexibility index (Phi) is 5.29. The lowest BCUT2D eigenvalue weighted by atomic mass is 10.1. The normalized spacial score (nSPS) is 17.9. The van der Waals surface area contributed by atoms with Gasteiger partial charge in [-0.2, -0.15) is 0 Å². The molecule has 31 heavy (non-hydrogen) atoms. The number of ether oxygens (including phenoxy) is 2. The lowest BCUT2D eigenvalue weighted by molar-refractivity contribution is -0.389. The molecule has 2 aromatic carbocycles. The second kappa shape index (κ2) is 7.80. The maximum atomic E-state index is 12.3. The summed E-state index contributed by atoms with van der Waals surface area (Å²) in [6.07, 6.45) is -3.30. The predicted octanol–water partition coefficient (Wildman–Crippen LogP) is 5.30. The van der Waals surface area contributed by atoms with Crippen molar-refractivity contribution in [3.8, 4) is 22.6 Å². The van der Waals surface area contributed by atoms with Crippen molar-refractivity contribution in [3.63, 3.8) is 0 Å². The second-order valence-corrected chi connectivity index (χ2v) is 8.76. The first-order valence-corrected chi connectivity index (χ1v) is 9.92. The van der Waals surface area contributed by atoms with Crippen molar-refractivity contribution >= 4 is 17.6 Å². The first-order chi connectivity index (χ1) is 14.6. The smallest absolute Gasteiger partial charge is 0.492 e. The Labute approximate surface area is 179 Å². The molecule has 0 saturated heterocycles. The molecule has 0 N–H and O–H groups in total. The van der Waals surface area contributed by atoms with Crippen molar-refractivity contribution in [2.45, 2.75) is 29.7 Å². The van der Waals surface area contributed by atoms with Crippen molar-refractivity contribution in [1.82, 2.24) is 9.55 Å². The molecule has 0 spiro atoms. The molecule has 3 aromatic rings. The van der Waals surface area contributed by atoms with Gasteiger partial charge in [-0.25, -0.2) is 0 Å². The van der Waals surface area contributed by atoms with E-state index in [1.165, 1.54) is 30.1 Å². The minimum absolute atomic E-state index is 0.168. The Bertz CT molecular complexity index is 1070. The molecule has 0 aliphatic carbocycles. The van der Waals surface area contributed by atoms with Gasteiger partial charge in [-0.15, -0.1) is 13.2 Å². The number of nitrogens with zero attached hydrogens (tertiary/aromatic N) is 3. The van der Waals surface area contributed by atoms with Gasteiger partial charge in [0.2, 0.25) is 0 Å². The van der Waals surface area contributed by atoms with Gasteiger partial charge < -0.3 is 19.6 Å². The van der Waals surface area contributed by atoms with Gasteiger partial charge in [0.15, 0.2) is 0 Å². The number of halogens is 3. The Hall–Kier alpha value is -3.21. The molecule has 0 radical (unpaired) electrons. The van der Waals surface area contributed by atoms with Crippen molar-refractivity contribution < 1.29 is 27.6 Å². The highest BCUT2D eigenvalue weighted by Crippen LogP contribution is 2.41. The average Bonchev–Trinajstić information content (AvgIpc) is 3.22. The van der Waals surface area contributed by atoms with Crippen LogP contribution in [0.25, 0.3) is 11.1 Å².